The van der Waals surface area contributed by atoms with Crippen molar-refractivity contribution in [3.63, 3.8) is 0 Å². The van der Waals surface area contributed by atoms with Gasteiger partial charge in [0.2, 0.25) is 5.91 Å². The lowest BCUT2D eigenvalue weighted by molar-refractivity contribution is -0.124. The van der Waals surface area contributed by atoms with Crippen molar-refractivity contribution in [1.82, 2.24) is 10.2 Å². The van der Waals surface area contributed by atoms with Crippen LogP contribution >= 0.6 is 0 Å². The van der Waals surface area contributed by atoms with E-state index in [2.05, 4.69) is 10.6 Å². The van der Waals surface area contributed by atoms with E-state index in [9.17, 15) is 9.59 Å². The minimum atomic E-state index is -0.352. The molecule has 0 aliphatic carbocycles. The Labute approximate surface area is 113 Å². The molecule has 0 radical (unpaired) electrons. The summed E-state index contributed by atoms with van der Waals surface area (Å²) in [5, 5.41) is 5.44. The van der Waals surface area contributed by atoms with Gasteiger partial charge in [0.1, 0.15) is 6.04 Å². The molecule has 102 valence electrons. The van der Waals surface area contributed by atoms with Crippen molar-refractivity contribution in [1.29, 1.82) is 0 Å². The second-order valence-corrected chi connectivity index (χ2v) is 4.77. The fourth-order valence-electron chi connectivity index (χ4n) is 2.37. The van der Waals surface area contributed by atoms with Gasteiger partial charge in [-0.2, -0.15) is 0 Å². The molecule has 1 fully saturated rings. The Kier molecular flexibility index (Phi) is 4.04. The van der Waals surface area contributed by atoms with Crippen molar-refractivity contribution in [2.24, 2.45) is 0 Å². The second-order valence-electron chi connectivity index (χ2n) is 4.77. The minimum absolute atomic E-state index is 0.100. The van der Waals surface area contributed by atoms with Crippen LogP contribution in [0.5, 0.6) is 0 Å². The van der Waals surface area contributed by atoms with Gasteiger partial charge in [0.05, 0.1) is 0 Å². The molecule has 2 N–H and O–H groups in total. The summed E-state index contributed by atoms with van der Waals surface area (Å²) in [6.45, 7) is 2.59. The summed E-state index contributed by atoms with van der Waals surface area (Å²) >= 11 is 0. The van der Waals surface area contributed by atoms with Gasteiger partial charge in [-0.3, -0.25) is 4.79 Å². The number of likely N-dealkylation sites (N-methyl/N-ethyl adjacent to an activating group) is 1. The minimum Gasteiger partial charge on any atom is -0.357 e. The Hall–Kier alpha value is -2.04. The SMILES string of the molecule is CNC(=O)C1CCCN1C(=O)Nc1cccc(C)c1. The topological polar surface area (TPSA) is 61.4 Å². The molecule has 0 bridgehead atoms. The van der Waals surface area contributed by atoms with E-state index in [4.69, 9.17) is 0 Å². The highest BCUT2D eigenvalue weighted by molar-refractivity contribution is 5.94. The van der Waals surface area contributed by atoms with Gasteiger partial charge in [0.25, 0.3) is 0 Å². The van der Waals surface area contributed by atoms with Gasteiger partial charge in [0.15, 0.2) is 0 Å². The number of carbonyl (C=O) groups excluding carboxylic acids is 2. The first kappa shape index (κ1) is 13.4. The lowest BCUT2D eigenvalue weighted by atomic mass is 10.2. The number of likely N-dealkylation sites (tertiary alicyclic amines) is 1. The molecule has 1 unspecified atom stereocenters. The van der Waals surface area contributed by atoms with E-state index in [1.807, 2.05) is 31.2 Å². The molecule has 2 rings (SSSR count). The highest BCUT2D eigenvalue weighted by Gasteiger charge is 2.33. The van der Waals surface area contributed by atoms with Gasteiger partial charge in [-0.25, -0.2) is 4.79 Å². The lowest BCUT2D eigenvalue weighted by Crippen LogP contribution is -2.46. The molecule has 1 aromatic rings. The molecule has 5 heteroatoms. The predicted octanol–water partition coefficient (Wildman–Crippen LogP) is 1.74. The third-order valence-corrected chi connectivity index (χ3v) is 3.33. The largest absolute Gasteiger partial charge is 0.357 e. The number of urea groups is 1. The van der Waals surface area contributed by atoms with Crippen LogP contribution in [-0.2, 0) is 4.79 Å². The second kappa shape index (κ2) is 5.73. The maximum Gasteiger partial charge on any atom is 0.322 e. The number of carbonyl (C=O) groups is 2. The fourth-order valence-corrected chi connectivity index (χ4v) is 2.37. The number of aryl methyl sites for hydroxylation is 1. The zero-order chi connectivity index (χ0) is 13.8. The number of rotatable bonds is 2. The summed E-state index contributed by atoms with van der Waals surface area (Å²) in [7, 11) is 1.59. The number of amides is 3. The molecule has 0 saturated carbocycles. The number of benzene rings is 1. The molecule has 0 aromatic heterocycles. The molecule has 1 saturated heterocycles. The van der Waals surface area contributed by atoms with Crippen molar-refractivity contribution in [2.75, 3.05) is 18.9 Å². The lowest BCUT2D eigenvalue weighted by Gasteiger charge is -2.23. The quantitative estimate of drug-likeness (QED) is 0.851. The van der Waals surface area contributed by atoms with Crippen molar-refractivity contribution in [3.8, 4) is 0 Å². The van der Waals surface area contributed by atoms with Crippen molar-refractivity contribution in [2.45, 2.75) is 25.8 Å². The van der Waals surface area contributed by atoms with E-state index < -0.39 is 0 Å². The summed E-state index contributed by atoms with van der Waals surface area (Å²) in [6, 6.07) is 7.05. The van der Waals surface area contributed by atoms with Crippen LogP contribution in [0, 0.1) is 6.92 Å². The van der Waals surface area contributed by atoms with Gasteiger partial charge >= 0.3 is 6.03 Å². The fraction of sp³-hybridized carbons (Fsp3) is 0.429. The molecule has 1 aromatic carbocycles. The van der Waals surface area contributed by atoms with Crippen LogP contribution in [-0.4, -0.2) is 36.5 Å². The number of nitrogens with zero attached hydrogens (tertiary/aromatic N) is 1. The van der Waals surface area contributed by atoms with Gasteiger partial charge in [-0.1, -0.05) is 12.1 Å². The van der Waals surface area contributed by atoms with Crippen molar-refractivity contribution < 1.29 is 9.59 Å². The number of anilines is 1. The molecular weight excluding hydrogens is 242 g/mol. The summed E-state index contributed by atoms with van der Waals surface area (Å²) in [5.74, 6) is -0.100. The molecule has 19 heavy (non-hydrogen) atoms. The first-order chi connectivity index (χ1) is 9.11. The monoisotopic (exact) mass is 261 g/mol. The van der Waals surface area contributed by atoms with E-state index >= 15 is 0 Å². The summed E-state index contributed by atoms with van der Waals surface area (Å²) in [5.41, 5.74) is 1.84. The van der Waals surface area contributed by atoms with Crippen LogP contribution in [0.15, 0.2) is 24.3 Å². The predicted molar refractivity (Wildman–Crippen MR) is 74.0 cm³/mol. The molecule has 0 spiro atoms. The molecule has 1 atom stereocenters. The van der Waals surface area contributed by atoms with Crippen molar-refractivity contribution >= 4 is 17.6 Å². The van der Waals surface area contributed by atoms with E-state index in [1.165, 1.54) is 0 Å². The summed E-state index contributed by atoms with van der Waals surface area (Å²) in [6.07, 6.45) is 1.58. The molecule has 1 heterocycles. The van der Waals surface area contributed by atoms with Crippen LogP contribution in [0.4, 0.5) is 10.5 Å². The first-order valence-corrected chi connectivity index (χ1v) is 6.47. The Morgan fingerprint density at radius 3 is 2.84 bits per heavy atom. The highest BCUT2D eigenvalue weighted by atomic mass is 16.2. The number of nitrogens with one attached hydrogen (secondary N) is 2. The Morgan fingerprint density at radius 1 is 1.37 bits per heavy atom. The molecule has 3 amide bonds. The molecule has 5 nitrogen and oxygen atoms in total. The van der Waals surface area contributed by atoms with Crippen LogP contribution in [0.25, 0.3) is 0 Å². The molecular formula is C14H19N3O2. The zero-order valence-corrected chi connectivity index (χ0v) is 11.3. The van der Waals surface area contributed by atoms with Crippen LogP contribution in [0.3, 0.4) is 0 Å². The third-order valence-electron chi connectivity index (χ3n) is 3.33. The van der Waals surface area contributed by atoms with Crippen LogP contribution in [0.1, 0.15) is 18.4 Å². The van der Waals surface area contributed by atoms with Crippen LogP contribution < -0.4 is 10.6 Å². The summed E-state index contributed by atoms with van der Waals surface area (Å²) < 4.78 is 0. The first-order valence-electron chi connectivity index (χ1n) is 6.47. The maximum absolute atomic E-state index is 12.2. The van der Waals surface area contributed by atoms with Gasteiger partial charge in [0, 0.05) is 19.3 Å². The average Bonchev–Trinajstić information content (AvgIpc) is 2.87. The number of hydrogen-bond acceptors (Lipinski definition) is 2. The van der Waals surface area contributed by atoms with Gasteiger partial charge in [-0.05, 0) is 37.5 Å². The Balaban J connectivity index is 2.05. The van der Waals surface area contributed by atoms with Crippen LogP contribution in [0.2, 0.25) is 0 Å². The smallest absolute Gasteiger partial charge is 0.322 e. The zero-order valence-electron chi connectivity index (χ0n) is 11.3. The molecule has 1 aliphatic rings. The highest BCUT2D eigenvalue weighted by Crippen LogP contribution is 2.19. The van der Waals surface area contributed by atoms with E-state index in [-0.39, 0.29) is 18.0 Å². The average molecular weight is 261 g/mol. The van der Waals surface area contributed by atoms with E-state index in [0.717, 1.165) is 24.1 Å². The summed E-state index contributed by atoms with van der Waals surface area (Å²) in [4.78, 5) is 25.5. The Morgan fingerprint density at radius 2 is 2.16 bits per heavy atom. The third kappa shape index (κ3) is 3.05. The van der Waals surface area contributed by atoms with E-state index in [0.29, 0.717) is 6.54 Å². The van der Waals surface area contributed by atoms with Crippen molar-refractivity contribution in [3.05, 3.63) is 29.8 Å². The van der Waals surface area contributed by atoms with E-state index in [1.54, 1.807) is 11.9 Å². The normalized spacial score (nSPS) is 18.2. The number of hydrogen-bond donors (Lipinski definition) is 2. The van der Waals surface area contributed by atoms with Gasteiger partial charge < -0.3 is 15.5 Å². The Bertz CT molecular complexity index is 487. The molecule has 1 aliphatic heterocycles. The maximum atomic E-state index is 12.2. The standard InChI is InChI=1S/C14H19N3O2/c1-10-5-3-6-11(9-10)16-14(19)17-8-4-7-12(17)13(18)15-2/h3,5-6,9,12H,4,7-8H2,1-2H3,(H,15,18)(H,16,19). The van der Waals surface area contributed by atoms with Gasteiger partial charge in [-0.15, -0.1) is 0 Å².